The lowest BCUT2D eigenvalue weighted by Crippen LogP contribution is -2.29. The first-order valence-corrected chi connectivity index (χ1v) is 7.62. The average Bonchev–Trinajstić information content (AvgIpc) is 2.54. The Bertz CT molecular complexity index is 695. The molecule has 0 heterocycles. The van der Waals surface area contributed by atoms with Gasteiger partial charge in [-0.1, -0.05) is 48.0 Å². The third kappa shape index (κ3) is 4.68. The van der Waals surface area contributed by atoms with Gasteiger partial charge in [0.05, 0.1) is 6.04 Å². The predicted molar refractivity (Wildman–Crippen MR) is 89.4 cm³/mol. The lowest BCUT2D eigenvalue weighted by molar-refractivity contribution is -0.137. The fourth-order valence-electron chi connectivity index (χ4n) is 2.49. The lowest BCUT2D eigenvalue weighted by atomic mass is 10.00. The second-order valence-corrected chi connectivity index (χ2v) is 5.69. The average molecular weight is 311 g/mol. The maximum absolute atomic E-state index is 12.6. The highest BCUT2D eigenvalue weighted by molar-refractivity contribution is 5.96. The highest BCUT2D eigenvalue weighted by Gasteiger charge is 2.18. The minimum absolute atomic E-state index is 0.00659. The van der Waals surface area contributed by atoms with Crippen molar-refractivity contribution in [1.29, 1.82) is 0 Å². The summed E-state index contributed by atoms with van der Waals surface area (Å²) in [6.07, 6.45) is 0.364. The third-order valence-electron chi connectivity index (χ3n) is 3.79. The molecule has 1 amide bonds. The van der Waals surface area contributed by atoms with Gasteiger partial charge in [-0.3, -0.25) is 9.59 Å². The molecule has 4 heteroatoms. The van der Waals surface area contributed by atoms with Gasteiger partial charge in [0.2, 0.25) is 0 Å². The van der Waals surface area contributed by atoms with Crippen molar-refractivity contribution in [3.8, 4) is 0 Å². The van der Waals surface area contributed by atoms with E-state index in [1.54, 1.807) is 0 Å². The van der Waals surface area contributed by atoms with Crippen molar-refractivity contribution in [2.45, 2.75) is 32.7 Å². The van der Waals surface area contributed by atoms with Gasteiger partial charge >= 0.3 is 5.97 Å². The van der Waals surface area contributed by atoms with Gasteiger partial charge in [0.25, 0.3) is 5.91 Å². The molecule has 0 radical (unpaired) electrons. The van der Waals surface area contributed by atoms with Crippen LogP contribution in [0.15, 0.2) is 48.5 Å². The molecule has 0 aromatic heterocycles. The number of carbonyl (C=O) groups excluding carboxylic acids is 1. The first-order chi connectivity index (χ1) is 11.0. The van der Waals surface area contributed by atoms with Crippen LogP contribution in [0.25, 0.3) is 0 Å². The van der Waals surface area contributed by atoms with Crippen molar-refractivity contribution in [1.82, 2.24) is 5.32 Å². The van der Waals surface area contributed by atoms with E-state index in [0.29, 0.717) is 12.0 Å². The van der Waals surface area contributed by atoms with Crippen molar-refractivity contribution in [3.05, 3.63) is 70.8 Å². The molecule has 2 N–H and O–H groups in total. The second-order valence-electron chi connectivity index (χ2n) is 5.69. The minimum Gasteiger partial charge on any atom is -0.481 e. The Morgan fingerprint density at radius 3 is 2.43 bits per heavy atom. The quantitative estimate of drug-likeness (QED) is 0.856. The van der Waals surface area contributed by atoms with Crippen LogP contribution in [0.4, 0.5) is 0 Å². The van der Waals surface area contributed by atoms with Gasteiger partial charge in [0.15, 0.2) is 0 Å². The smallest absolute Gasteiger partial charge is 0.303 e. The summed E-state index contributed by atoms with van der Waals surface area (Å²) in [4.78, 5) is 23.5. The molecule has 2 aromatic rings. The van der Waals surface area contributed by atoms with Gasteiger partial charge in [0.1, 0.15) is 0 Å². The molecule has 1 atom stereocenters. The van der Waals surface area contributed by atoms with Gasteiger partial charge in [-0.2, -0.15) is 0 Å². The van der Waals surface area contributed by atoms with Gasteiger partial charge in [-0.25, -0.2) is 0 Å². The normalized spacial score (nSPS) is 11.7. The summed E-state index contributed by atoms with van der Waals surface area (Å²) in [5.74, 6) is -1.04. The van der Waals surface area contributed by atoms with Crippen molar-refractivity contribution in [2.75, 3.05) is 0 Å². The summed E-state index contributed by atoms with van der Waals surface area (Å²) >= 11 is 0. The zero-order valence-electron chi connectivity index (χ0n) is 13.4. The number of carboxylic acids is 1. The zero-order valence-corrected chi connectivity index (χ0v) is 13.4. The maximum atomic E-state index is 12.6. The molecule has 2 aromatic carbocycles. The van der Waals surface area contributed by atoms with Crippen LogP contribution < -0.4 is 5.32 Å². The number of aliphatic carboxylic acids is 1. The van der Waals surface area contributed by atoms with E-state index in [0.717, 1.165) is 16.7 Å². The van der Waals surface area contributed by atoms with Crippen LogP contribution in [0.2, 0.25) is 0 Å². The highest BCUT2D eigenvalue weighted by atomic mass is 16.4. The Balaban J connectivity index is 2.21. The summed E-state index contributed by atoms with van der Waals surface area (Å²) < 4.78 is 0. The van der Waals surface area contributed by atoms with Crippen molar-refractivity contribution in [2.24, 2.45) is 0 Å². The molecular weight excluding hydrogens is 290 g/mol. The molecule has 0 bridgehead atoms. The molecule has 0 fully saturated rings. The lowest BCUT2D eigenvalue weighted by Gasteiger charge is -2.19. The molecular formula is C19H21NO3. The number of carboxylic acid groups (broad SMARTS) is 1. The summed E-state index contributed by atoms with van der Waals surface area (Å²) in [5, 5.41) is 11.9. The number of carbonyl (C=O) groups is 2. The Labute approximate surface area is 136 Å². The Kier molecular flexibility index (Phi) is 5.52. The number of nitrogens with one attached hydrogen (secondary N) is 1. The van der Waals surface area contributed by atoms with E-state index in [1.165, 1.54) is 0 Å². The van der Waals surface area contributed by atoms with E-state index in [2.05, 4.69) is 5.32 Å². The molecule has 0 saturated heterocycles. The van der Waals surface area contributed by atoms with Gasteiger partial charge in [-0.05, 0) is 37.5 Å². The van der Waals surface area contributed by atoms with Gasteiger partial charge < -0.3 is 10.4 Å². The van der Waals surface area contributed by atoms with Crippen LogP contribution in [0.5, 0.6) is 0 Å². The summed E-state index contributed by atoms with van der Waals surface area (Å²) in [5.41, 5.74) is 3.45. The Morgan fingerprint density at radius 2 is 1.78 bits per heavy atom. The molecule has 0 spiro atoms. The van der Waals surface area contributed by atoms with E-state index in [4.69, 9.17) is 5.11 Å². The summed E-state index contributed by atoms with van der Waals surface area (Å²) in [7, 11) is 0. The Morgan fingerprint density at radius 1 is 1.09 bits per heavy atom. The monoisotopic (exact) mass is 311 g/mol. The molecule has 0 aliphatic heterocycles. The molecule has 23 heavy (non-hydrogen) atoms. The standard InChI is InChI=1S/C19H21NO3/c1-13-8-9-14(2)16(12-13)19(23)20-17(10-11-18(21)22)15-6-4-3-5-7-15/h3-9,12,17H,10-11H2,1-2H3,(H,20,23)(H,21,22). The highest BCUT2D eigenvalue weighted by Crippen LogP contribution is 2.20. The van der Waals surface area contributed by atoms with E-state index >= 15 is 0 Å². The topological polar surface area (TPSA) is 66.4 Å². The molecule has 0 saturated carbocycles. The van der Waals surface area contributed by atoms with Crippen LogP contribution in [0.3, 0.4) is 0 Å². The second kappa shape index (κ2) is 7.58. The van der Waals surface area contributed by atoms with Crippen molar-refractivity contribution >= 4 is 11.9 Å². The molecule has 1 unspecified atom stereocenters. The number of amides is 1. The number of hydrogen-bond acceptors (Lipinski definition) is 2. The minimum atomic E-state index is -0.869. The predicted octanol–water partition coefficient (Wildman–Crippen LogP) is 3.64. The molecule has 0 aliphatic carbocycles. The van der Waals surface area contributed by atoms with Crippen LogP contribution in [0.1, 0.15) is 45.9 Å². The van der Waals surface area contributed by atoms with Gasteiger partial charge in [-0.15, -0.1) is 0 Å². The summed E-state index contributed by atoms with van der Waals surface area (Å²) in [6, 6.07) is 14.9. The maximum Gasteiger partial charge on any atom is 0.303 e. The van der Waals surface area contributed by atoms with Crippen LogP contribution in [0, 0.1) is 13.8 Å². The largest absolute Gasteiger partial charge is 0.481 e. The number of benzene rings is 2. The molecule has 2 rings (SSSR count). The van der Waals surface area contributed by atoms with E-state index in [1.807, 2.05) is 62.4 Å². The van der Waals surface area contributed by atoms with Crippen LogP contribution >= 0.6 is 0 Å². The van der Waals surface area contributed by atoms with E-state index in [9.17, 15) is 9.59 Å². The van der Waals surface area contributed by atoms with Crippen LogP contribution in [-0.4, -0.2) is 17.0 Å². The molecule has 0 aliphatic rings. The van der Waals surface area contributed by atoms with Crippen molar-refractivity contribution < 1.29 is 14.7 Å². The van der Waals surface area contributed by atoms with Gasteiger partial charge in [0, 0.05) is 12.0 Å². The van der Waals surface area contributed by atoms with Crippen molar-refractivity contribution in [3.63, 3.8) is 0 Å². The first kappa shape index (κ1) is 16.7. The fraction of sp³-hybridized carbons (Fsp3) is 0.263. The van der Waals surface area contributed by atoms with E-state index in [-0.39, 0.29) is 18.4 Å². The molecule has 4 nitrogen and oxygen atoms in total. The zero-order chi connectivity index (χ0) is 16.8. The number of rotatable bonds is 6. The number of hydrogen-bond donors (Lipinski definition) is 2. The Hall–Kier alpha value is -2.62. The number of aryl methyl sites for hydroxylation is 2. The summed E-state index contributed by atoms with van der Waals surface area (Å²) in [6.45, 7) is 3.83. The third-order valence-corrected chi connectivity index (χ3v) is 3.79. The van der Waals surface area contributed by atoms with E-state index < -0.39 is 5.97 Å². The SMILES string of the molecule is Cc1ccc(C)c(C(=O)NC(CCC(=O)O)c2ccccc2)c1. The molecule has 120 valence electrons. The van der Waals surface area contributed by atoms with Crippen LogP contribution in [-0.2, 0) is 4.79 Å². The fourth-order valence-corrected chi connectivity index (χ4v) is 2.49. The first-order valence-electron chi connectivity index (χ1n) is 7.62.